The van der Waals surface area contributed by atoms with Crippen LogP contribution in [-0.2, 0) is 9.53 Å². The van der Waals surface area contributed by atoms with Gasteiger partial charge in [0, 0.05) is 25.0 Å². The highest BCUT2D eigenvalue weighted by Gasteiger charge is 2.31. The number of amides is 2. The number of rotatable bonds is 2. The van der Waals surface area contributed by atoms with Crippen LogP contribution in [0.15, 0.2) is 0 Å². The summed E-state index contributed by atoms with van der Waals surface area (Å²) in [6.45, 7) is 6.51. The normalized spacial score (nSPS) is 27.4. The van der Waals surface area contributed by atoms with E-state index in [-0.39, 0.29) is 12.1 Å². The van der Waals surface area contributed by atoms with Crippen LogP contribution < -0.4 is 5.32 Å². The lowest BCUT2D eigenvalue weighted by Gasteiger charge is -2.39. The first-order valence-electron chi connectivity index (χ1n) is 8.14. The van der Waals surface area contributed by atoms with Crippen molar-refractivity contribution in [1.82, 2.24) is 10.2 Å². The molecule has 2 amide bonds. The van der Waals surface area contributed by atoms with Gasteiger partial charge in [0.25, 0.3) is 0 Å². The van der Waals surface area contributed by atoms with E-state index < -0.39 is 5.60 Å². The molecule has 1 saturated heterocycles. The number of hydrogen-bond acceptors (Lipinski definition) is 3. The predicted octanol–water partition coefficient (Wildman–Crippen LogP) is 2.83. The zero-order valence-electron chi connectivity index (χ0n) is 13.5. The average molecular weight is 296 g/mol. The molecule has 5 nitrogen and oxygen atoms in total. The molecule has 21 heavy (non-hydrogen) atoms. The molecule has 0 unspecified atom stereocenters. The van der Waals surface area contributed by atoms with E-state index in [1.54, 1.807) is 0 Å². The number of nitrogens with one attached hydrogen (secondary N) is 1. The average Bonchev–Trinajstić information content (AvgIpc) is 2.38. The fourth-order valence-electron chi connectivity index (χ4n) is 3.22. The fraction of sp³-hybridized carbons (Fsp3) is 0.875. The second-order valence-corrected chi connectivity index (χ2v) is 7.20. The summed E-state index contributed by atoms with van der Waals surface area (Å²) in [6, 6.07) is 0.547. The number of ether oxygens (including phenoxy) is 1. The minimum Gasteiger partial charge on any atom is -0.444 e. The first-order chi connectivity index (χ1) is 9.85. The molecule has 0 atom stereocenters. The maximum absolute atomic E-state index is 11.9. The van der Waals surface area contributed by atoms with Gasteiger partial charge in [0.2, 0.25) is 5.91 Å². The second-order valence-electron chi connectivity index (χ2n) is 7.20. The maximum atomic E-state index is 11.9. The Labute approximate surface area is 127 Å². The summed E-state index contributed by atoms with van der Waals surface area (Å²) in [4.78, 5) is 25.8. The van der Waals surface area contributed by atoms with Crippen LogP contribution in [0.4, 0.5) is 4.79 Å². The van der Waals surface area contributed by atoms with E-state index in [1.165, 1.54) is 0 Å². The predicted molar refractivity (Wildman–Crippen MR) is 81.0 cm³/mol. The number of alkyl carbamates (subject to hydrolysis) is 1. The lowest BCUT2D eigenvalue weighted by atomic mass is 9.89. The molecule has 0 aromatic rings. The molecule has 5 heteroatoms. The monoisotopic (exact) mass is 296 g/mol. The number of piperidine rings is 1. The Morgan fingerprint density at radius 2 is 1.86 bits per heavy atom. The molecule has 2 rings (SSSR count). The van der Waals surface area contributed by atoms with Crippen LogP contribution >= 0.6 is 0 Å². The Morgan fingerprint density at radius 1 is 1.19 bits per heavy atom. The van der Waals surface area contributed by atoms with Crippen molar-refractivity contribution in [3.63, 3.8) is 0 Å². The molecule has 0 radical (unpaired) electrons. The van der Waals surface area contributed by atoms with Crippen LogP contribution in [0, 0.1) is 0 Å². The van der Waals surface area contributed by atoms with Gasteiger partial charge >= 0.3 is 6.09 Å². The summed E-state index contributed by atoms with van der Waals surface area (Å²) in [5, 5.41) is 2.95. The smallest absolute Gasteiger partial charge is 0.407 e. The quantitative estimate of drug-likeness (QED) is 0.852. The molecule has 0 bridgehead atoms. The van der Waals surface area contributed by atoms with E-state index in [0.717, 1.165) is 45.1 Å². The van der Waals surface area contributed by atoms with Crippen LogP contribution in [0.2, 0.25) is 0 Å². The molecule has 2 aliphatic rings. The summed E-state index contributed by atoms with van der Waals surface area (Å²) < 4.78 is 5.29. The third-order valence-corrected chi connectivity index (χ3v) is 4.22. The topological polar surface area (TPSA) is 58.6 Å². The minimum atomic E-state index is -0.457. The van der Waals surface area contributed by atoms with Crippen LogP contribution in [0.5, 0.6) is 0 Å². The summed E-state index contributed by atoms with van der Waals surface area (Å²) in [5.41, 5.74) is -0.457. The van der Waals surface area contributed by atoms with Crippen molar-refractivity contribution in [2.75, 3.05) is 6.54 Å². The van der Waals surface area contributed by atoms with Gasteiger partial charge in [0.05, 0.1) is 0 Å². The standard InChI is InChI=1S/C16H28N2O3/c1-16(2,3)21-15(20)17-12-7-9-13(10-8-12)18-11-5-4-6-14(18)19/h12-13H,4-11H2,1-3H3,(H,17,20). The van der Waals surface area contributed by atoms with Gasteiger partial charge in [-0.15, -0.1) is 0 Å². The highest BCUT2D eigenvalue weighted by Crippen LogP contribution is 2.26. The first-order valence-corrected chi connectivity index (χ1v) is 8.14. The van der Waals surface area contributed by atoms with Gasteiger partial charge < -0.3 is 15.0 Å². The Kier molecular flexibility index (Phi) is 5.12. The molecule has 0 aromatic carbocycles. The molecule has 1 aliphatic carbocycles. The Bertz CT molecular complexity index is 381. The lowest BCUT2D eigenvalue weighted by molar-refractivity contribution is -0.136. The number of likely N-dealkylation sites (tertiary alicyclic amines) is 1. The highest BCUT2D eigenvalue weighted by molar-refractivity contribution is 5.77. The van der Waals surface area contributed by atoms with Crippen molar-refractivity contribution in [2.45, 2.75) is 83.4 Å². The molecular weight excluding hydrogens is 268 g/mol. The van der Waals surface area contributed by atoms with Gasteiger partial charge in [-0.1, -0.05) is 0 Å². The first kappa shape index (κ1) is 16.1. The Hall–Kier alpha value is -1.26. The van der Waals surface area contributed by atoms with E-state index in [0.29, 0.717) is 18.4 Å². The van der Waals surface area contributed by atoms with Crippen LogP contribution in [0.25, 0.3) is 0 Å². The van der Waals surface area contributed by atoms with Crippen molar-refractivity contribution in [1.29, 1.82) is 0 Å². The molecule has 0 aromatic heterocycles. The van der Waals surface area contributed by atoms with Crippen molar-refractivity contribution in [3.05, 3.63) is 0 Å². The molecule has 1 heterocycles. The zero-order valence-corrected chi connectivity index (χ0v) is 13.5. The Balaban J connectivity index is 1.75. The highest BCUT2D eigenvalue weighted by atomic mass is 16.6. The van der Waals surface area contributed by atoms with Gasteiger partial charge in [0.15, 0.2) is 0 Å². The summed E-state index contributed by atoms with van der Waals surface area (Å²) in [6.07, 6.45) is 6.34. The molecule has 1 aliphatic heterocycles. The van der Waals surface area contributed by atoms with Gasteiger partial charge in [-0.2, -0.15) is 0 Å². The van der Waals surface area contributed by atoms with E-state index in [2.05, 4.69) is 10.2 Å². The van der Waals surface area contributed by atoms with Gasteiger partial charge in [-0.25, -0.2) is 4.79 Å². The SMILES string of the molecule is CC(C)(C)OC(=O)NC1CCC(N2CCCCC2=O)CC1. The maximum Gasteiger partial charge on any atom is 0.407 e. The third kappa shape index (κ3) is 4.90. The summed E-state index contributed by atoms with van der Waals surface area (Å²) in [7, 11) is 0. The van der Waals surface area contributed by atoms with Crippen molar-refractivity contribution in [2.24, 2.45) is 0 Å². The van der Waals surface area contributed by atoms with Crippen LogP contribution in [0.3, 0.4) is 0 Å². The van der Waals surface area contributed by atoms with Crippen molar-refractivity contribution >= 4 is 12.0 Å². The van der Waals surface area contributed by atoms with E-state index in [1.807, 2.05) is 20.8 Å². The Morgan fingerprint density at radius 3 is 2.43 bits per heavy atom. The molecule has 1 saturated carbocycles. The fourth-order valence-corrected chi connectivity index (χ4v) is 3.22. The lowest BCUT2D eigenvalue weighted by Crippen LogP contribution is -2.48. The van der Waals surface area contributed by atoms with Crippen molar-refractivity contribution < 1.29 is 14.3 Å². The molecule has 0 spiro atoms. The van der Waals surface area contributed by atoms with Crippen LogP contribution in [0.1, 0.15) is 65.7 Å². The largest absolute Gasteiger partial charge is 0.444 e. The minimum absolute atomic E-state index is 0.177. The van der Waals surface area contributed by atoms with Gasteiger partial charge in [0.1, 0.15) is 5.60 Å². The van der Waals surface area contributed by atoms with Crippen molar-refractivity contribution in [3.8, 4) is 0 Å². The molecule has 1 N–H and O–H groups in total. The second kappa shape index (κ2) is 6.67. The zero-order chi connectivity index (χ0) is 15.5. The van der Waals surface area contributed by atoms with Gasteiger partial charge in [-0.3, -0.25) is 4.79 Å². The van der Waals surface area contributed by atoms with Gasteiger partial charge in [-0.05, 0) is 59.3 Å². The number of hydrogen-bond donors (Lipinski definition) is 1. The molecular formula is C16H28N2O3. The van der Waals surface area contributed by atoms with E-state index in [4.69, 9.17) is 4.74 Å². The van der Waals surface area contributed by atoms with E-state index in [9.17, 15) is 9.59 Å². The summed E-state index contributed by atoms with van der Waals surface area (Å²) in [5.74, 6) is 0.310. The summed E-state index contributed by atoms with van der Waals surface area (Å²) >= 11 is 0. The molecule has 2 fully saturated rings. The van der Waals surface area contributed by atoms with Crippen LogP contribution in [-0.4, -0.2) is 41.1 Å². The van der Waals surface area contributed by atoms with E-state index >= 15 is 0 Å². The number of carbonyl (C=O) groups is 2. The number of carbonyl (C=O) groups excluding carboxylic acids is 2. The third-order valence-electron chi connectivity index (χ3n) is 4.22. The molecule has 120 valence electrons. The number of nitrogens with zero attached hydrogens (tertiary/aromatic N) is 1.